The van der Waals surface area contributed by atoms with E-state index in [1.54, 1.807) is 12.1 Å². The minimum Gasteiger partial charge on any atom is -0.383 e. The molecule has 0 saturated heterocycles. The molecule has 1 unspecified atom stereocenters. The van der Waals surface area contributed by atoms with Gasteiger partial charge in [0.05, 0.1) is 6.26 Å². The zero-order valence-electron chi connectivity index (χ0n) is 18.3. The first-order valence-electron chi connectivity index (χ1n) is 11.2. The minimum absolute atomic E-state index is 0.00920. The summed E-state index contributed by atoms with van der Waals surface area (Å²) in [4.78, 5) is 15.3. The van der Waals surface area contributed by atoms with Gasteiger partial charge in [0, 0.05) is 18.1 Å². The predicted molar refractivity (Wildman–Crippen MR) is 117 cm³/mol. The van der Waals surface area contributed by atoms with E-state index in [0.717, 1.165) is 55.3 Å². The van der Waals surface area contributed by atoms with Crippen molar-refractivity contribution < 1.29 is 17.4 Å². The van der Waals surface area contributed by atoms with E-state index in [-0.39, 0.29) is 23.4 Å². The van der Waals surface area contributed by atoms with Gasteiger partial charge >= 0.3 is 16.1 Å². The van der Waals surface area contributed by atoms with E-state index in [1.165, 1.54) is 19.3 Å². The summed E-state index contributed by atoms with van der Waals surface area (Å²) in [5.41, 5.74) is 0.946. The maximum absolute atomic E-state index is 13.4. The summed E-state index contributed by atoms with van der Waals surface area (Å²) in [6, 6.07) is 7.08. The third-order valence-electron chi connectivity index (χ3n) is 7.32. The van der Waals surface area contributed by atoms with E-state index < -0.39 is 10.1 Å². The third-order valence-corrected chi connectivity index (χ3v) is 7.81. The predicted octanol–water partition coefficient (Wildman–Crippen LogP) is 4.30. The summed E-state index contributed by atoms with van der Waals surface area (Å²) in [5, 5.41) is 3.49. The summed E-state index contributed by atoms with van der Waals surface area (Å²) < 4.78 is 27.5. The molecule has 1 N–H and O–H groups in total. The van der Waals surface area contributed by atoms with Crippen molar-refractivity contribution in [1.29, 1.82) is 0 Å². The Morgan fingerprint density at radius 2 is 1.67 bits per heavy atom. The maximum Gasteiger partial charge on any atom is 0.318 e. The van der Waals surface area contributed by atoms with Crippen molar-refractivity contribution in [3.63, 3.8) is 0 Å². The smallest absolute Gasteiger partial charge is 0.318 e. The zero-order chi connectivity index (χ0) is 21.5. The number of amides is 2. The fourth-order valence-corrected chi connectivity index (χ4v) is 6.69. The topological polar surface area (TPSA) is 75.7 Å². The van der Waals surface area contributed by atoms with Crippen LogP contribution in [-0.4, -0.2) is 37.2 Å². The van der Waals surface area contributed by atoms with E-state index >= 15 is 0 Å². The molecule has 166 valence electrons. The number of hydrogen-bond donors (Lipinski definition) is 1. The van der Waals surface area contributed by atoms with Gasteiger partial charge in [0.25, 0.3) is 0 Å². The fraction of sp³-hybridized carbons (Fsp3) is 0.696. The van der Waals surface area contributed by atoms with Crippen LogP contribution in [0.15, 0.2) is 24.3 Å². The van der Waals surface area contributed by atoms with Gasteiger partial charge in [0.1, 0.15) is 5.75 Å². The van der Waals surface area contributed by atoms with Crippen LogP contribution in [0.3, 0.4) is 0 Å². The average Bonchev–Trinajstić information content (AvgIpc) is 2.64. The Hall–Kier alpha value is -1.76. The Kier molecular flexibility index (Phi) is 5.77. The molecule has 0 radical (unpaired) electrons. The molecule has 2 amide bonds. The van der Waals surface area contributed by atoms with Crippen LogP contribution < -0.4 is 9.50 Å². The van der Waals surface area contributed by atoms with Crippen molar-refractivity contribution in [3.05, 3.63) is 29.8 Å². The van der Waals surface area contributed by atoms with Gasteiger partial charge in [-0.1, -0.05) is 19.1 Å². The number of rotatable bonds is 7. The second kappa shape index (κ2) is 8.06. The monoisotopic (exact) mass is 434 g/mol. The van der Waals surface area contributed by atoms with E-state index in [1.807, 2.05) is 17.0 Å². The number of nitrogens with zero attached hydrogens (tertiary/aromatic N) is 1. The summed E-state index contributed by atoms with van der Waals surface area (Å²) >= 11 is 0. The number of carbonyl (C=O) groups excluding carboxylic acids is 1. The fourth-order valence-electron chi connectivity index (χ4n) is 6.23. The van der Waals surface area contributed by atoms with Crippen molar-refractivity contribution in [2.24, 2.45) is 17.8 Å². The average molecular weight is 435 g/mol. The van der Waals surface area contributed by atoms with Crippen LogP contribution in [0.4, 0.5) is 4.79 Å². The number of carbonyl (C=O) groups is 1. The highest BCUT2D eigenvalue weighted by atomic mass is 32.2. The van der Waals surface area contributed by atoms with Gasteiger partial charge in [0.15, 0.2) is 0 Å². The maximum atomic E-state index is 13.4. The lowest BCUT2D eigenvalue weighted by Gasteiger charge is -2.57. The highest BCUT2D eigenvalue weighted by Gasteiger charge is 2.51. The van der Waals surface area contributed by atoms with Gasteiger partial charge in [-0.25, -0.2) is 4.79 Å². The highest BCUT2D eigenvalue weighted by Crippen LogP contribution is 2.55. The van der Waals surface area contributed by atoms with Gasteiger partial charge in [-0.05, 0) is 87.3 Å². The van der Waals surface area contributed by atoms with Gasteiger partial charge in [0.2, 0.25) is 0 Å². The molecule has 5 rings (SSSR count). The number of benzene rings is 1. The summed E-state index contributed by atoms with van der Waals surface area (Å²) in [7, 11) is -3.54. The standard InChI is InChI=1S/C23H34N2O4S/c1-4-16(2)25(15-17-5-7-21(8-6-17)29-30(3,27)28)22(26)24-23-12-18-9-19(13-23)11-20(10-18)14-23/h5-8,16,18-20H,4,9-15H2,1-3H3,(H,24,26). The van der Waals surface area contributed by atoms with E-state index in [0.29, 0.717) is 6.54 Å². The lowest BCUT2D eigenvalue weighted by atomic mass is 9.53. The first-order valence-corrected chi connectivity index (χ1v) is 13.0. The van der Waals surface area contributed by atoms with Gasteiger partial charge in [-0.2, -0.15) is 8.42 Å². The number of urea groups is 1. The van der Waals surface area contributed by atoms with Crippen LogP contribution in [0, 0.1) is 17.8 Å². The van der Waals surface area contributed by atoms with Crippen molar-refractivity contribution in [2.75, 3.05) is 6.26 Å². The van der Waals surface area contributed by atoms with Crippen LogP contribution in [0.1, 0.15) is 64.4 Å². The van der Waals surface area contributed by atoms with Crippen LogP contribution in [0.25, 0.3) is 0 Å². The SMILES string of the molecule is CCC(C)N(Cc1ccc(OS(C)(=O)=O)cc1)C(=O)NC12CC3CC(CC(C3)C1)C2. The van der Waals surface area contributed by atoms with Crippen LogP contribution in [0.5, 0.6) is 5.75 Å². The molecule has 1 atom stereocenters. The quantitative estimate of drug-likeness (QED) is 0.649. The molecule has 4 fully saturated rings. The molecule has 4 bridgehead atoms. The zero-order valence-corrected chi connectivity index (χ0v) is 19.1. The number of hydrogen-bond acceptors (Lipinski definition) is 4. The Morgan fingerprint density at radius 1 is 1.13 bits per heavy atom. The molecule has 0 aliphatic heterocycles. The molecule has 0 spiro atoms. The molecule has 0 heterocycles. The molecule has 4 saturated carbocycles. The summed E-state index contributed by atoms with van der Waals surface area (Å²) in [6.07, 6.45) is 9.37. The van der Waals surface area contributed by atoms with Gasteiger partial charge < -0.3 is 14.4 Å². The molecule has 0 aromatic heterocycles. The molecule has 30 heavy (non-hydrogen) atoms. The second-order valence-corrected chi connectivity index (χ2v) is 11.5. The molecule has 7 heteroatoms. The van der Waals surface area contributed by atoms with Crippen molar-refractivity contribution in [3.8, 4) is 5.75 Å². The van der Waals surface area contributed by atoms with E-state index in [2.05, 4.69) is 19.2 Å². The van der Waals surface area contributed by atoms with E-state index in [4.69, 9.17) is 4.18 Å². The van der Waals surface area contributed by atoms with Crippen LogP contribution >= 0.6 is 0 Å². The summed E-state index contributed by atoms with van der Waals surface area (Å²) in [5.74, 6) is 2.65. The van der Waals surface area contributed by atoms with Crippen LogP contribution in [-0.2, 0) is 16.7 Å². The molecule has 1 aromatic rings. The van der Waals surface area contributed by atoms with E-state index in [9.17, 15) is 13.2 Å². The molecule has 1 aromatic carbocycles. The Balaban J connectivity index is 1.45. The molecule has 4 aliphatic rings. The molecule has 4 aliphatic carbocycles. The Morgan fingerprint density at radius 3 is 2.13 bits per heavy atom. The highest BCUT2D eigenvalue weighted by molar-refractivity contribution is 7.86. The Bertz CT molecular complexity index is 846. The third kappa shape index (κ3) is 4.76. The second-order valence-electron chi connectivity index (χ2n) is 9.94. The molecular formula is C23H34N2O4S. The first kappa shape index (κ1) is 21.5. The van der Waals surface area contributed by atoms with Gasteiger partial charge in [-0.3, -0.25) is 0 Å². The van der Waals surface area contributed by atoms with Crippen molar-refractivity contribution in [2.45, 2.75) is 76.9 Å². The molecular weight excluding hydrogens is 400 g/mol. The largest absolute Gasteiger partial charge is 0.383 e. The first-order chi connectivity index (χ1) is 14.1. The minimum atomic E-state index is -3.54. The summed E-state index contributed by atoms with van der Waals surface area (Å²) in [6.45, 7) is 4.67. The van der Waals surface area contributed by atoms with Crippen LogP contribution in [0.2, 0.25) is 0 Å². The lowest BCUT2D eigenvalue weighted by Crippen LogP contribution is -2.62. The molecule has 6 nitrogen and oxygen atoms in total. The van der Waals surface area contributed by atoms with Crippen molar-refractivity contribution >= 4 is 16.1 Å². The van der Waals surface area contributed by atoms with Crippen molar-refractivity contribution in [1.82, 2.24) is 10.2 Å². The normalized spacial score (nSPS) is 30.7. The lowest BCUT2D eigenvalue weighted by molar-refractivity contribution is -0.0165. The Labute approximate surface area is 180 Å². The van der Waals surface area contributed by atoms with Gasteiger partial charge in [-0.15, -0.1) is 0 Å². The number of nitrogens with one attached hydrogen (secondary N) is 1.